The van der Waals surface area contributed by atoms with Gasteiger partial charge in [0.1, 0.15) is 4.90 Å². The summed E-state index contributed by atoms with van der Waals surface area (Å²) in [5.74, 6) is 0.361. The lowest BCUT2D eigenvalue weighted by molar-refractivity contribution is 0.402. The number of nitrogens with one attached hydrogen (secondary N) is 1. The fraction of sp³-hybridized carbons (Fsp3) is 0.375. The summed E-state index contributed by atoms with van der Waals surface area (Å²) in [5, 5.41) is 0. The van der Waals surface area contributed by atoms with E-state index >= 15 is 0 Å². The Morgan fingerprint density at radius 3 is 2.48 bits per heavy atom. The van der Waals surface area contributed by atoms with Crippen LogP contribution in [0.1, 0.15) is 12.8 Å². The van der Waals surface area contributed by atoms with Crippen molar-refractivity contribution < 1.29 is 8.42 Å². The van der Waals surface area contributed by atoms with Gasteiger partial charge in [-0.3, -0.25) is 9.97 Å². The van der Waals surface area contributed by atoms with E-state index in [1.165, 1.54) is 11.9 Å². The van der Waals surface area contributed by atoms with Crippen molar-refractivity contribution in [2.75, 3.05) is 24.5 Å². The molecule has 0 radical (unpaired) electrons. The van der Waals surface area contributed by atoms with Gasteiger partial charge in [-0.25, -0.2) is 13.1 Å². The van der Waals surface area contributed by atoms with Gasteiger partial charge < -0.3 is 4.90 Å². The molecule has 2 aromatic rings. The molecular formula is C16H20N4O2S. The number of aromatic nitrogens is 2. The highest BCUT2D eigenvalue weighted by molar-refractivity contribution is 7.89. The normalized spacial score (nSPS) is 16.4. The number of piperidine rings is 1. The Labute approximate surface area is 136 Å². The molecule has 0 aliphatic carbocycles. The molecule has 0 amide bonds. The van der Waals surface area contributed by atoms with Crippen molar-refractivity contribution in [1.82, 2.24) is 14.7 Å². The maximum Gasteiger partial charge on any atom is 0.242 e. The van der Waals surface area contributed by atoms with E-state index in [4.69, 9.17) is 0 Å². The lowest BCUT2D eigenvalue weighted by Crippen LogP contribution is -2.38. The van der Waals surface area contributed by atoms with Crippen molar-refractivity contribution >= 4 is 15.7 Å². The first-order valence-corrected chi connectivity index (χ1v) is 9.18. The average Bonchev–Trinajstić information content (AvgIpc) is 2.62. The molecule has 23 heavy (non-hydrogen) atoms. The molecule has 0 spiro atoms. The SMILES string of the molecule is O=S(=O)(NCC1CCN(c2ccncc2)CC1)c1cccnc1. The van der Waals surface area contributed by atoms with E-state index in [0.717, 1.165) is 25.9 Å². The zero-order valence-corrected chi connectivity index (χ0v) is 13.6. The molecule has 1 fully saturated rings. The number of hydrogen-bond donors (Lipinski definition) is 1. The van der Waals surface area contributed by atoms with Crippen LogP contribution in [0.3, 0.4) is 0 Å². The predicted molar refractivity (Wildman–Crippen MR) is 88.6 cm³/mol. The molecule has 0 unspecified atom stereocenters. The van der Waals surface area contributed by atoms with E-state index in [9.17, 15) is 8.42 Å². The number of rotatable bonds is 5. The third-order valence-corrected chi connectivity index (χ3v) is 5.56. The number of nitrogens with zero attached hydrogens (tertiary/aromatic N) is 3. The molecule has 0 saturated carbocycles. The summed E-state index contributed by atoms with van der Waals surface area (Å²) in [7, 11) is -3.46. The zero-order valence-electron chi connectivity index (χ0n) is 12.8. The van der Waals surface area contributed by atoms with Gasteiger partial charge in [-0.1, -0.05) is 0 Å². The van der Waals surface area contributed by atoms with Gasteiger partial charge in [0, 0.05) is 50.1 Å². The summed E-state index contributed by atoms with van der Waals surface area (Å²) in [4.78, 5) is 10.4. The van der Waals surface area contributed by atoms with Crippen molar-refractivity contribution in [2.45, 2.75) is 17.7 Å². The second-order valence-corrected chi connectivity index (χ2v) is 7.44. The standard InChI is InChI=1S/C16H20N4O2S/c21-23(22,16-2-1-7-18-13-16)19-12-14-5-10-20(11-6-14)15-3-8-17-9-4-15/h1-4,7-9,13-14,19H,5-6,10-12H2. The Morgan fingerprint density at radius 2 is 1.83 bits per heavy atom. The predicted octanol–water partition coefficient (Wildman–Crippen LogP) is 1.67. The van der Waals surface area contributed by atoms with E-state index in [2.05, 4.69) is 19.6 Å². The molecular weight excluding hydrogens is 312 g/mol. The molecule has 1 saturated heterocycles. The molecule has 7 heteroatoms. The Morgan fingerprint density at radius 1 is 1.09 bits per heavy atom. The van der Waals surface area contributed by atoms with E-state index in [1.807, 2.05) is 12.1 Å². The van der Waals surface area contributed by atoms with E-state index in [-0.39, 0.29) is 4.90 Å². The van der Waals surface area contributed by atoms with Crippen LogP contribution in [0, 0.1) is 5.92 Å². The molecule has 3 heterocycles. The van der Waals surface area contributed by atoms with Gasteiger partial charge in [0.2, 0.25) is 10.0 Å². The van der Waals surface area contributed by atoms with Crippen molar-refractivity contribution in [2.24, 2.45) is 5.92 Å². The minimum Gasteiger partial charge on any atom is -0.371 e. The van der Waals surface area contributed by atoms with Gasteiger partial charge in [-0.05, 0) is 43.0 Å². The molecule has 1 N–H and O–H groups in total. The van der Waals surface area contributed by atoms with Crippen LogP contribution in [0.5, 0.6) is 0 Å². The van der Waals surface area contributed by atoms with Gasteiger partial charge in [-0.15, -0.1) is 0 Å². The minimum atomic E-state index is -3.46. The lowest BCUT2D eigenvalue weighted by atomic mass is 9.97. The lowest BCUT2D eigenvalue weighted by Gasteiger charge is -2.33. The van der Waals surface area contributed by atoms with Crippen LogP contribution < -0.4 is 9.62 Å². The number of hydrogen-bond acceptors (Lipinski definition) is 5. The summed E-state index contributed by atoms with van der Waals surface area (Å²) in [6, 6.07) is 7.19. The number of pyridine rings is 2. The van der Waals surface area contributed by atoms with Gasteiger partial charge >= 0.3 is 0 Å². The number of anilines is 1. The zero-order chi connectivity index (χ0) is 16.1. The third kappa shape index (κ3) is 4.05. The topological polar surface area (TPSA) is 75.2 Å². The third-order valence-electron chi connectivity index (χ3n) is 4.15. The van der Waals surface area contributed by atoms with Gasteiger partial charge in [0.25, 0.3) is 0 Å². The van der Waals surface area contributed by atoms with Crippen LogP contribution >= 0.6 is 0 Å². The van der Waals surface area contributed by atoms with E-state index in [0.29, 0.717) is 12.5 Å². The highest BCUT2D eigenvalue weighted by atomic mass is 32.2. The largest absolute Gasteiger partial charge is 0.371 e. The van der Waals surface area contributed by atoms with Crippen molar-refractivity contribution in [3.8, 4) is 0 Å². The van der Waals surface area contributed by atoms with Gasteiger partial charge in [0.15, 0.2) is 0 Å². The smallest absolute Gasteiger partial charge is 0.242 e. The molecule has 3 rings (SSSR count). The quantitative estimate of drug-likeness (QED) is 0.901. The summed E-state index contributed by atoms with van der Waals surface area (Å²) < 4.78 is 27.1. The fourth-order valence-corrected chi connectivity index (χ4v) is 3.85. The minimum absolute atomic E-state index is 0.217. The van der Waals surface area contributed by atoms with E-state index in [1.54, 1.807) is 30.7 Å². The van der Waals surface area contributed by atoms with Crippen LogP contribution in [0.2, 0.25) is 0 Å². The molecule has 0 bridgehead atoms. The maximum atomic E-state index is 12.2. The first kappa shape index (κ1) is 15.9. The van der Waals surface area contributed by atoms with Crippen molar-refractivity contribution in [1.29, 1.82) is 0 Å². The van der Waals surface area contributed by atoms with Crippen LogP contribution in [-0.2, 0) is 10.0 Å². The Bertz CT molecular complexity index is 714. The summed E-state index contributed by atoms with van der Waals surface area (Å²) in [6.45, 7) is 2.34. The fourth-order valence-electron chi connectivity index (χ4n) is 2.77. The van der Waals surface area contributed by atoms with Crippen LogP contribution in [-0.4, -0.2) is 38.0 Å². The van der Waals surface area contributed by atoms with Gasteiger partial charge in [0.05, 0.1) is 0 Å². The average molecular weight is 332 g/mol. The Balaban J connectivity index is 1.52. The van der Waals surface area contributed by atoms with Gasteiger partial charge in [-0.2, -0.15) is 0 Å². The second-order valence-electron chi connectivity index (χ2n) is 5.68. The van der Waals surface area contributed by atoms with Crippen molar-refractivity contribution in [3.63, 3.8) is 0 Å². The van der Waals surface area contributed by atoms with Crippen LogP contribution in [0.4, 0.5) is 5.69 Å². The van der Waals surface area contributed by atoms with E-state index < -0.39 is 10.0 Å². The highest BCUT2D eigenvalue weighted by Crippen LogP contribution is 2.22. The first-order chi connectivity index (χ1) is 11.1. The number of sulfonamides is 1. The molecule has 0 aromatic carbocycles. The summed E-state index contributed by atoms with van der Waals surface area (Å²) in [5.41, 5.74) is 1.18. The Kier molecular flexibility index (Phi) is 4.88. The molecule has 1 aliphatic rings. The molecule has 6 nitrogen and oxygen atoms in total. The molecule has 2 aromatic heterocycles. The maximum absolute atomic E-state index is 12.2. The Hall–Kier alpha value is -1.99. The highest BCUT2D eigenvalue weighted by Gasteiger charge is 2.22. The van der Waals surface area contributed by atoms with Crippen molar-refractivity contribution in [3.05, 3.63) is 49.1 Å². The monoisotopic (exact) mass is 332 g/mol. The summed E-state index contributed by atoms with van der Waals surface area (Å²) >= 11 is 0. The molecule has 122 valence electrons. The molecule has 0 atom stereocenters. The second kappa shape index (κ2) is 7.06. The molecule has 1 aliphatic heterocycles. The summed E-state index contributed by atoms with van der Waals surface area (Å²) in [6.07, 6.45) is 8.46. The van der Waals surface area contributed by atoms with Crippen LogP contribution in [0.25, 0.3) is 0 Å². The first-order valence-electron chi connectivity index (χ1n) is 7.70. The van der Waals surface area contributed by atoms with Crippen LogP contribution in [0.15, 0.2) is 53.9 Å².